The largest absolute Gasteiger partial charge is 0.309 e. The molecular weight excluding hydrogens is 711 g/mol. The standard InChI is InChI=1S/C51H37N.C7H8/c1-32-14-6-7-17-37(32)43-30-34(25-24-33(43)2)35-26-29-48-44(31-35)42-28-27-41-40-20-10-13-23-47(40)51(49(41)50(42)52(48)36-15-4-3-5-16-36)45-21-11-8-18-38(45)39-19-9-12-22-46(39)51;1-7-5-3-2-4-6-7/h3-5,7-13,15-31H,6,14H2,1-2H3;2-6H,1H3. The van der Waals surface area contributed by atoms with Crippen LogP contribution in [0, 0.1) is 13.8 Å². The van der Waals surface area contributed by atoms with Crippen LogP contribution in [0.2, 0.25) is 0 Å². The lowest BCUT2D eigenvalue weighted by Gasteiger charge is -2.31. The summed E-state index contributed by atoms with van der Waals surface area (Å²) in [6, 6.07) is 67.5. The minimum Gasteiger partial charge on any atom is -0.309 e. The molecule has 9 aromatic rings. The van der Waals surface area contributed by atoms with Crippen LogP contribution in [0.4, 0.5) is 0 Å². The van der Waals surface area contributed by atoms with Gasteiger partial charge < -0.3 is 4.57 Å². The van der Waals surface area contributed by atoms with Crippen LogP contribution in [0.3, 0.4) is 0 Å². The molecule has 0 saturated heterocycles. The van der Waals surface area contributed by atoms with Gasteiger partial charge in [0.15, 0.2) is 0 Å². The first-order valence-corrected chi connectivity index (χ1v) is 21.0. The molecule has 3 aliphatic carbocycles. The minimum absolute atomic E-state index is 0.437. The van der Waals surface area contributed by atoms with Crippen LogP contribution in [-0.2, 0) is 5.41 Å². The molecule has 59 heavy (non-hydrogen) atoms. The van der Waals surface area contributed by atoms with E-state index in [4.69, 9.17) is 0 Å². The maximum atomic E-state index is 2.55. The van der Waals surface area contributed by atoms with Crippen molar-refractivity contribution in [2.45, 2.75) is 39.0 Å². The molecule has 0 aliphatic heterocycles. The van der Waals surface area contributed by atoms with E-state index in [0.29, 0.717) is 0 Å². The van der Waals surface area contributed by atoms with E-state index in [2.05, 4.69) is 201 Å². The zero-order valence-corrected chi connectivity index (χ0v) is 33.8. The van der Waals surface area contributed by atoms with Crippen molar-refractivity contribution in [1.82, 2.24) is 4.57 Å². The Hall–Kier alpha value is -6.96. The van der Waals surface area contributed by atoms with Crippen LogP contribution >= 0.6 is 0 Å². The quantitative estimate of drug-likeness (QED) is 0.169. The van der Waals surface area contributed by atoms with Crippen molar-refractivity contribution in [3.05, 3.63) is 239 Å². The lowest BCUT2D eigenvalue weighted by Crippen LogP contribution is -2.26. The van der Waals surface area contributed by atoms with E-state index in [1.54, 1.807) is 0 Å². The zero-order valence-electron chi connectivity index (χ0n) is 33.8. The topological polar surface area (TPSA) is 4.93 Å². The number of fused-ring (bicyclic) bond motifs is 14. The Morgan fingerprint density at radius 2 is 1.05 bits per heavy atom. The Morgan fingerprint density at radius 3 is 1.68 bits per heavy atom. The number of hydrogen-bond donors (Lipinski definition) is 0. The van der Waals surface area contributed by atoms with Gasteiger partial charge >= 0.3 is 0 Å². The molecule has 12 rings (SSSR count). The summed E-state index contributed by atoms with van der Waals surface area (Å²) >= 11 is 0. The van der Waals surface area contributed by atoms with Crippen LogP contribution in [0.1, 0.15) is 58.7 Å². The fourth-order valence-corrected chi connectivity index (χ4v) is 10.4. The maximum Gasteiger partial charge on any atom is 0.0746 e. The van der Waals surface area contributed by atoms with Crippen molar-refractivity contribution in [2.75, 3.05) is 0 Å². The fraction of sp³-hybridized carbons (Fsp3) is 0.103. The van der Waals surface area contributed by atoms with Gasteiger partial charge in [-0.15, -0.1) is 0 Å². The molecule has 3 aliphatic rings. The molecule has 1 heterocycles. The smallest absolute Gasteiger partial charge is 0.0746 e. The third-order valence-electron chi connectivity index (χ3n) is 13.1. The van der Waals surface area contributed by atoms with Crippen molar-refractivity contribution in [3.8, 4) is 39.1 Å². The number of allylic oxidation sites excluding steroid dienone is 4. The Bertz CT molecular complexity index is 3110. The maximum absolute atomic E-state index is 2.55. The van der Waals surface area contributed by atoms with Gasteiger partial charge in [0.25, 0.3) is 0 Å². The third kappa shape index (κ3) is 5.31. The molecule has 0 fully saturated rings. The number of hydrogen-bond acceptors (Lipinski definition) is 0. The molecule has 1 nitrogen and oxygen atoms in total. The first-order valence-electron chi connectivity index (χ1n) is 21.0. The van der Waals surface area contributed by atoms with Crippen molar-refractivity contribution >= 4 is 27.4 Å². The number of aryl methyl sites for hydroxylation is 2. The second-order valence-electron chi connectivity index (χ2n) is 16.5. The average molecular weight is 756 g/mol. The molecule has 282 valence electrons. The molecule has 1 heteroatoms. The molecule has 1 spiro atoms. The molecule has 0 atom stereocenters. The first kappa shape index (κ1) is 35.2. The van der Waals surface area contributed by atoms with Gasteiger partial charge in [0.1, 0.15) is 0 Å². The molecule has 1 aromatic heterocycles. The highest BCUT2D eigenvalue weighted by Crippen LogP contribution is 2.64. The van der Waals surface area contributed by atoms with E-state index in [1.807, 2.05) is 18.2 Å². The summed E-state index contributed by atoms with van der Waals surface area (Å²) in [5, 5.41) is 2.56. The lowest BCUT2D eigenvalue weighted by atomic mass is 9.70. The van der Waals surface area contributed by atoms with E-state index in [1.165, 1.54) is 111 Å². The molecule has 0 radical (unpaired) electrons. The summed E-state index contributed by atoms with van der Waals surface area (Å²) in [6.07, 6.45) is 6.91. The Morgan fingerprint density at radius 1 is 0.475 bits per heavy atom. The second-order valence-corrected chi connectivity index (χ2v) is 16.5. The van der Waals surface area contributed by atoms with Crippen LogP contribution in [-0.4, -0.2) is 4.57 Å². The van der Waals surface area contributed by atoms with E-state index in [-0.39, 0.29) is 0 Å². The summed E-state index contributed by atoms with van der Waals surface area (Å²) in [6.45, 7) is 6.62. The third-order valence-corrected chi connectivity index (χ3v) is 13.1. The predicted molar refractivity (Wildman–Crippen MR) is 249 cm³/mol. The van der Waals surface area contributed by atoms with Crippen molar-refractivity contribution in [1.29, 1.82) is 0 Å². The summed E-state index contributed by atoms with van der Waals surface area (Å²) in [5.74, 6) is 0. The molecule has 0 unspecified atom stereocenters. The minimum atomic E-state index is -0.437. The monoisotopic (exact) mass is 755 g/mol. The van der Waals surface area contributed by atoms with Crippen LogP contribution in [0.5, 0.6) is 0 Å². The van der Waals surface area contributed by atoms with E-state index in [0.717, 1.165) is 12.8 Å². The predicted octanol–water partition coefficient (Wildman–Crippen LogP) is 15.2. The number of nitrogens with zero attached hydrogens (tertiary/aromatic N) is 1. The van der Waals surface area contributed by atoms with Gasteiger partial charge in [-0.3, -0.25) is 0 Å². The molecule has 0 saturated carbocycles. The molecule has 0 N–H and O–H groups in total. The molecule has 0 bridgehead atoms. The van der Waals surface area contributed by atoms with Gasteiger partial charge in [0.2, 0.25) is 0 Å². The van der Waals surface area contributed by atoms with Crippen LogP contribution in [0.25, 0.3) is 66.4 Å². The van der Waals surface area contributed by atoms with Gasteiger partial charge in [0.05, 0.1) is 16.4 Å². The molecule has 0 amide bonds. The van der Waals surface area contributed by atoms with E-state index < -0.39 is 5.41 Å². The number of rotatable bonds is 3. The highest BCUT2D eigenvalue weighted by molar-refractivity contribution is 6.15. The van der Waals surface area contributed by atoms with Crippen molar-refractivity contribution in [3.63, 3.8) is 0 Å². The summed E-state index contributed by atoms with van der Waals surface area (Å²) in [5.41, 5.74) is 23.4. The van der Waals surface area contributed by atoms with Gasteiger partial charge in [-0.05, 0) is 131 Å². The Balaban J connectivity index is 0.000000517. The highest BCUT2D eigenvalue weighted by Gasteiger charge is 2.53. The van der Waals surface area contributed by atoms with Crippen molar-refractivity contribution in [2.24, 2.45) is 0 Å². The first-order chi connectivity index (χ1) is 29.0. The SMILES string of the molecule is CC1=C(c2cc(-c3ccc4c(c3)c3ccc5c(c3n4-c3ccccc3)C3(c4ccccc4-c4ccccc43)c3ccccc3-5)ccc2C)C=CCC1.Cc1ccccc1. The van der Waals surface area contributed by atoms with Gasteiger partial charge in [-0.2, -0.15) is 0 Å². The fourth-order valence-electron chi connectivity index (χ4n) is 10.4. The summed E-state index contributed by atoms with van der Waals surface area (Å²) in [4.78, 5) is 0. The van der Waals surface area contributed by atoms with Gasteiger partial charge in [0, 0.05) is 22.0 Å². The van der Waals surface area contributed by atoms with Gasteiger partial charge in [-0.1, -0.05) is 175 Å². The Kier molecular flexibility index (Phi) is 8.27. The van der Waals surface area contributed by atoms with E-state index >= 15 is 0 Å². The number of benzene rings is 8. The van der Waals surface area contributed by atoms with E-state index in [9.17, 15) is 0 Å². The zero-order chi connectivity index (χ0) is 39.7. The molecule has 8 aromatic carbocycles. The normalized spacial score (nSPS) is 14.2. The average Bonchev–Trinajstić information content (AvgIpc) is 3.89. The number of aromatic nitrogens is 1. The van der Waals surface area contributed by atoms with Crippen LogP contribution < -0.4 is 0 Å². The summed E-state index contributed by atoms with van der Waals surface area (Å²) in [7, 11) is 0. The van der Waals surface area contributed by atoms with Crippen molar-refractivity contribution < 1.29 is 0 Å². The highest BCUT2D eigenvalue weighted by atomic mass is 15.0. The lowest BCUT2D eigenvalue weighted by molar-refractivity contribution is 0.797. The molecular formula is C58H45N. The Labute approximate surface area is 347 Å². The van der Waals surface area contributed by atoms with Crippen LogP contribution in [0.15, 0.2) is 200 Å². The number of para-hydroxylation sites is 1. The summed E-state index contributed by atoms with van der Waals surface area (Å²) < 4.78 is 2.55. The second kappa shape index (κ2) is 13.9. The van der Waals surface area contributed by atoms with Gasteiger partial charge in [-0.25, -0.2) is 0 Å².